The van der Waals surface area contributed by atoms with Crippen LogP contribution >= 0.6 is 0 Å². The van der Waals surface area contributed by atoms with Gasteiger partial charge in [-0.25, -0.2) is 4.68 Å². The van der Waals surface area contributed by atoms with Crippen molar-refractivity contribution in [2.24, 2.45) is 5.92 Å². The number of benzene rings is 2. The van der Waals surface area contributed by atoms with Gasteiger partial charge in [0, 0.05) is 36.0 Å². The van der Waals surface area contributed by atoms with Gasteiger partial charge in [0.25, 0.3) is 0 Å². The van der Waals surface area contributed by atoms with E-state index in [0.717, 1.165) is 30.9 Å². The zero-order valence-corrected chi connectivity index (χ0v) is 18.4. The fourth-order valence-electron chi connectivity index (χ4n) is 4.31. The molecule has 1 aliphatic rings. The van der Waals surface area contributed by atoms with E-state index in [4.69, 9.17) is 5.10 Å². The minimum absolute atomic E-state index is 0.508. The molecule has 1 saturated heterocycles. The summed E-state index contributed by atoms with van der Waals surface area (Å²) in [5.74, 6) is 0.643. The van der Waals surface area contributed by atoms with Crippen LogP contribution in [0.5, 0.6) is 0 Å². The number of nitrogens with zero attached hydrogens (tertiary/aromatic N) is 2. The van der Waals surface area contributed by atoms with E-state index >= 15 is 0 Å². The molecule has 2 atom stereocenters. The summed E-state index contributed by atoms with van der Waals surface area (Å²) >= 11 is 0. The van der Waals surface area contributed by atoms with Crippen LogP contribution in [0.25, 0.3) is 16.9 Å². The van der Waals surface area contributed by atoms with Gasteiger partial charge in [0.05, 0.1) is 11.4 Å². The van der Waals surface area contributed by atoms with Crippen LogP contribution in [0.1, 0.15) is 37.0 Å². The topological polar surface area (TPSA) is 53.9 Å². The van der Waals surface area contributed by atoms with E-state index in [9.17, 15) is 0 Å². The van der Waals surface area contributed by atoms with Gasteiger partial charge >= 0.3 is 0 Å². The first kappa shape index (κ1) is 20.8. The average Bonchev–Trinajstić information content (AvgIpc) is 3.30. The monoisotopic (exact) mass is 403 g/mol. The molecular weight excluding hydrogens is 370 g/mol. The molecule has 5 nitrogen and oxygen atoms in total. The molecule has 3 N–H and O–H groups in total. The fourth-order valence-corrected chi connectivity index (χ4v) is 4.31. The molecule has 4 rings (SSSR count). The molecule has 0 spiro atoms. The maximum absolute atomic E-state index is 4.96. The second kappa shape index (κ2) is 9.13. The zero-order chi connectivity index (χ0) is 21.1. The standard InChI is InChI=1S/C25H33N5/c1-17-8-10-23(11-9-17)30-16-22(25(29-30)21-7-5-6-18(2)14-21)15-26-13-12-24-19(3)27-28-20(24)4/h5-11,14,16,19-20,24,26-28H,12-13,15H2,1-4H3. The Hall–Kier alpha value is -2.47. The predicted molar refractivity (Wildman–Crippen MR) is 123 cm³/mol. The van der Waals surface area contributed by atoms with Crippen LogP contribution in [0.4, 0.5) is 0 Å². The van der Waals surface area contributed by atoms with E-state index in [-0.39, 0.29) is 0 Å². The summed E-state index contributed by atoms with van der Waals surface area (Å²) in [6, 6.07) is 18.1. The molecule has 0 amide bonds. The Kier molecular flexibility index (Phi) is 6.32. The Balaban J connectivity index is 1.52. The fraction of sp³-hybridized carbons (Fsp3) is 0.400. The van der Waals surface area contributed by atoms with Crippen LogP contribution in [-0.4, -0.2) is 28.4 Å². The lowest BCUT2D eigenvalue weighted by atomic mass is 9.93. The summed E-state index contributed by atoms with van der Waals surface area (Å²) in [6.07, 6.45) is 3.31. The van der Waals surface area contributed by atoms with Crippen molar-refractivity contribution in [3.8, 4) is 16.9 Å². The molecule has 5 heteroatoms. The van der Waals surface area contributed by atoms with Crippen molar-refractivity contribution in [2.45, 2.75) is 52.7 Å². The normalized spacial score (nSPS) is 21.3. The highest BCUT2D eigenvalue weighted by Crippen LogP contribution is 2.25. The van der Waals surface area contributed by atoms with Gasteiger partial charge in [0.2, 0.25) is 0 Å². The van der Waals surface area contributed by atoms with Crippen molar-refractivity contribution in [1.82, 2.24) is 25.9 Å². The first-order valence-corrected chi connectivity index (χ1v) is 11.0. The maximum atomic E-state index is 4.96. The predicted octanol–water partition coefficient (Wildman–Crippen LogP) is 4.14. The van der Waals surface area contributed by atoms with Gasteiger partial charge in [0.15, 0.2) is 0 Å². The van der Waals surface area contributed by atoms with E-state index in [1.54, 1.807) is 0 Å². The van der Waals surface area contributed by atoms with Crippen LogP contribution < -0.4 is 16.2 Å². The number of hydrazine groups is 1. The summed E-state index contributed by atoms with van der Waals surface area (Å²) in [5.41, 5.74) is 13.7. The summed E-state index contributed by atoms with van der Waals surface area (Å²) in [4.78, 5) is 0. The largest absolute Gasteiger partial charge is 0.313 e. The van der Waals surface area contributed by atoms with Gasteiger partial charge < -0.3 is 5.32 Å². The maximum Gasteiger partial charge on any atom is 0.0972 e. The third-order valence-corrected chi connectivity index (χ3v) is 6.17. The van der Waals surface area contributed by atoms with Crippen molar-refractivity contribution in [2.75, 3.05) is 6.54 Å². The van der Waals surface area contributed by atoms with E-state index in [2.05, 4.69) is 98.6 Å². The van der Waals surface area contributed by atoms with Crippen molar-refractivity contribution >= 4 is 0 Å². The molecule has 1 aromatic heterocycles. The second-order valence-corrected chi connectivity index (χ2v) is 8.65. The molecule has 0 saturated carbocycles. The second-order valence-electron chi connectivity index (χ2n) is 8.65. The highest BCUT2D eigenvalue weighted by molar-refractivity contribution is 5.64. The Bertz CT molecular complexity index is 965. The van der Waals surface area contributed by atoms with E-state index in [0.29, 0.717) is 18.0 Å². The third kappa shape index (κ3) is 4.64. The van der Waals surface area contributed by atoms with Gasteiger partial charge in [-0.3, -0.25) is 10.9 Å². The molecule has 0 radical (unpaired) electrons. The van der Waals surface area contributed by atoms with Gasteiger partial charge in [-0.1, -0.05) is 41.5 Å². The van der Waals surface area contributed by atoms with Crippen LogP contribution in [-0.2, 0) is 6.54 Å². The number of aromatic nitrogens is 2. The van der Waals surface area contributed by atoms with Gasteiger partial charge in [-0.2, -0.15) is 5.10 Å². The summed E-state index contributed by atoms with van der Waals surface area (Å²) in [6.45, 7) is 10.5. The van der Waals surface area contributed by atoms with Gasteiger partial charge in [-0.05, 0) is 64.8 Å². The Morgan fingerprint density at radius 1 is 0.967 bits per heavy atom. The Labute approximate surface area is 179 Å². The van der Waals surface area contributed by atoms with E-state index in [1.807, 2.05) is 4.68 Å². The lowest BCUT2D eigenvalue weighted by molar-refractivity contribution is 0.402. The molecule has 0 bridgehead atoms. The minimum Gasteiger partial charge on any atom is -0.313 e. The van der Waals surface area contributed by atoms with Crippen molar-refractivity contribution in [3.05, 3.63) is 71.4 Å². The lowest BCUT2D eigenvalue weighted by Crippen LogP contribution is -2.30. The number of hydrogen-bond acceptors (Lipinski definition) is 4. The Morgan fingerprint density at radius 3 is 2.40 bits per heavy atom. The smallest absolute Gasteiger partial charge is 0.0972 e. The molecule has 1 fully saturated rings. The molecule has 3 aromatic rings. The highest BCUT2D eigenvalue weighted by atomic mass is 15.4. The van der Waals surface area contributed by atoms with E-state index in [1.165, 1.54) is 22.3 Å². The van der Waals surface area contributed by atoms with E-state index < -0.39 is 0 Å². The van der Waals surface area contributed by atoms with Gasteiger partial charge in [-0.15, -0.1) is 0 Å². The van der Waals surface area contributed by atoms with Crippen molar-refractivity contribution in [1.29, 1.82) is 0 Å². The lowest BCUT2D eigenvalue weighted by Gasteiger charge is -2.17. The summed E-state index contributed by atoms with van der Waals surface area (Å²) in [5, 5.41) is 8.62. The van der Waals surface area contributed by atoms with Crippen LogP contribution in [0.2, 0.25) is 0 Å². The van der Waals surface area contributed by atoms with Crippen LogP contribution in [0.15, 0.2) is 54.7 Å². The van der Waals surface area contributed by atoms with Crippen LogP contribution in [0.3, 0.4) is 0 Å². The SMILES string of the molecule is Cc1ccc(-n2cc(CNCCC3C(C)NNC3C)c(-c3cccc(C)c3)n2)cc1. The zero-order valence-electron chi connectivity index (χ0n) is 18.4. The first-order chi connectivity index (χ1) is 14.5. The van der Waals surface area contributed by atoms with Crippen molar-refractivity contribution < 1.29 is 0 Å². The summed E-state index contributed by atoms with van der Waals surface area (Å²) < 4.78 is 2.00. The van der Waals surface area contributed by atoms with Crippen LogP contribution in [0, 0.1) is 19.8 Å². The summed E-state index contributed by atoms with van der Waals surface area (Å²) in [7, 11) is 0. The molecule has 2 unspecified atom stereocenters. The Morgan fingerprint density at radius 2 is 1.70 bits per heavy atom. The molecule has 2 aromatic carbocycles. The quantitative estimate of drug-likeness (QED) is 0.519. The molecule has 158 valence electrons. The number of nitrogens with one attached hydrogen (secondary N) is 3. The molecule has 0 aliphatic carbocycles. The molecule has 2 heterocycles. The molecular formula is C25H33N5. The average molecular weight is 404 g/mol. The van der Waals surface area contributed by atoms with Crippen molar-refractivity contribution in [3.63, 3.8) is 0 Å². The number of rotatable bonds is 7. The van der Waals surface area contributed by atoms with Gasteiger partial charge in [0.1, 0.15) is 0 Å². The highest BCUT2D eigenvalue weighted by Gasteiger charge is 2.28. The number of aryl methyl sites for hydroxylation is 2. The molecule has 1 aliphatic heterocycles. The minimum atomic E-state index is 0.508. The first-order valence-electron chi connectivity index (χ1n) is 11.0. The number of hydrogen-bond donors (Lipinski definition) is 3. The third-order valence-electron chi connectivity index (χ3n) is 6.17. The molecule has 30 heavy (non-hydrogen) atoms.